The number of carbonyl (C=O) groups is 1. The first kappa shape index (κ1) is 13.2. The van der Waals surface area contributed by atoms with Crippen LogP contribution in [0.2, 0.25) is 0 Å². The van der Waals surface area contributed by atoms with Crippen molar-refractivity contribution in [3.05, 3.63) is 30.1 Å². The number of imidazole rings is 1. The van der Waals surface area contributed by atoms with Gasteiger partial charge in [-0.25, -0.2) is 4.98 Å². The first-order valence-electron chi connectivity index (χ1n) is 7.48. The summed E-state index contributed by atoms with van der Waals surface area (Å²) in [4.78, 5) is 16.9. The molecule has 2 aromatic rings. The molecule has 20 heavy (non-hydrogen) atoms. The molecule has 1 amide bonds. The lowest BCUT2D eigenvalue weighted by atomic mass is 10.1. The number of benzene rings is 1. The van der Waals surface area contributed by atoms with Crippen molar-refractivity contribution in [3.8, 4) is 0 Å². The summed E-state index contributed by atoms with van der Waals surface area (Å²) in [6.45, 7) is 0. The minimum absolute atomic E-state index is 0.0457. The van der Waals surface area contributed by atoms with Crippen LogP contribution in [0.15, 0.2) is 24.3 Å². The Labute approximate surface area is 119 Å². The van der Waals surface area contributed by atoms with Crippen molar-refractivity contribution in [1.29, 1.82) is 0 Å². The molecule has 0 spiro atoms. The fraction of sp³-hybridized carbons (Fsp3) is 0.500. The van der Waals surface area contributed by atoms with E-state index in [-0.39, 0.29) is 5.91 Å². The van der Waals surface area contributed by atoms with Crippen LogP contribution in [0.5, 0.6) is 0 Å². The van der Waals surface area contributed by atoms with Gasteiger partial charge in [0.2, 0.25) is 0 Å². The van der Waals surface area contributed by atoms with E-state index in [9.17, 15) is 4.79 Å². The molecule has 1 aromatic carbocycles. The van der Waals surface area contributed by atoms with Crippen LogP contribution in [0.25, 0.3) is 11.0 Å². The van der Waals surface area contributed by atoms with Crippen molar-refractivity contribution < 1.29 is 4.79 Å². The largest absolute Gasteiger partial charge is 0.347 e. The molecule has 0 aliphatic heterocycles. The predicted octanol–water partition coefficient (Wildman–Crippen LogP) is 3.03. The normalized spacial score (nSPS) is 17.1. The lowest BCUT2D eigenvalue weighted by Crippen LogP contribution is -2.35. The average molecular weight is 271 g/mol. The van der Waals surface area contributed by atoms with Crippen molar-refractivity contribution in [2.75, 3.05) is 0 Å². The molecule has 1 aliphatic rings. The maximum absolute atomic E-state index is 12.4. The van der Waals surface area contributed by atoms with E-state index in [2.05, 4.69) is 10.3 Å². The van der Waals surface area contributed by atoms with Gasteiger partial charge < -0.3 is 9.88 Å². The van der Waals surface area contributed by atoms with Gasteiger partial charge in [-0.05, 0) is 25.0 Å². The number of fused-ring (bicyclic) bond motifs is 1. The van der Waals surface area contributed by atoms with E-state index < -0.39 is 0 Å². The fourth-order valence-electron chi connectivity index (χ4n) is 3.02. The highest BCUT2D eigenvalue weighted by Crippen LogP contribution is 2.18. The first-order chi connectivity index (χ1) is 9.75. The number of aromatic nitrogens is 2. The Morgan fingerprint density at radius 3 is 2.60 bits per heavy atom. The van der Waals surface area contributed by atoms with Crippen LogP contribution < -0.4 is 5.32 Å². The molecule has 3 rings (SSSR count). The molecule has 1 aromatic heterocycles. The molecule has 0 radical (unpaired) electrons. The van der Waals surface area contributed by atoms with E-state index in [1.807, 2.05) is 35.9 Å². The quantitative estimate of drug-likeness (QED) is 0.853. The summed E-state index contributed by atoms with van der Waals surface area (Å²) in [7, 11) is 1.90. The maximum Gasteiger partial charge on any atom is 0.287 e. The van der Waals surface area contributed by atoms with E-state index in [1.54, 1.807) is 0 Å². The Morgan fingerprint density at radius 2 is 1.90 bits per heavy atom. The molecule has 1 N–H and O–H groups in total. The summed E-state index contributed by atoms with van der Waals surface area (Å²) >= 11 is 0. The summed E-state index contributed by atoms with van der Waals surface area (Å²) < 4.78 is 1.88. The molecule has 0 atom stereocenters. The van der Waals surface area contributed by atoms with Gasteiger partial charge in [-0.3, -0.25) is 4.79 Å². The van der Waals surface area contributed by atoms with Crippen LogP contribution in [-0.4, -0.2) is 21.5 Å². The Balaban J connectivity index is 1.79. The molecule has 1 aliphatic carbocycles. The lowest BCUT2D eigenvalue weighted by molar-refractivity contribution is 0.0920. The van der Waals surface area contributed by atoms with Gasteiger partial charge in [0.15, 0.2) is 5.82 Å². The highest BCUT2D eigenvalue weighted by molar-refractivity contribution is 5.94. The van der Waals surface area contributed by atoms with Crippen molar-refractivity contribution in [3.63, 3.8) is 0 Å². The van der Waals surface area contributed by atoms with Gasteiger partial charge >= 0.3 is 0 Å². The minimum atomic E-state index is -0.0457. The van der Waals surface area contributed by atoms with Crippen LogP contribution in [-0.2, 0) is 7.05 Å². The number of aryl methyl sites for hydroxylation is 1. The van der Waals surface area contributed by atoms with E-state index in [1.165, 1.54) is 25.7 Å². The number of carbonyl (C=O) groups excluding carboxylic acids is 1. The van der Waals surface area contributed by atoms with Gasteiger partial charge in [-0.1, -0.05) is 37.8 Å². The Kier molecular flexibility index (Phi) is 3.72. The van der Waals surface area contributed by atoms with Gasteiger partial charge in [0.25, 0.3) is 5.91 Å². The van der Waals surface area contributed by atoms with Crippen molar-refractivity contribution in [1.82, 2.24) is 14.9 Å². The Bertz CT molecular complexity index is 609. The molecule has 0 bridgehead atoms. The second-order valence-electron chi connectivity index (χ2n) is 5.65. The average Bonchev–Trinajstić information content (AvgIpc) is 2.64. The van der Waals surface area contributed by atoms with Gasteiger partial charge in [-0.2, -0.15) is 0 Å². The van der Waals surface area contributed by atoms with Crippen LogP contribution in [0, 0.1) is 0 Å². The second-order valence-corrected chi connectivity index (χ2v) is 5.65. The van der Waals surface area contributed by atoms with Gasteiger partial charge in [0, 0.05) is 13.1 Å². The topological polar surface area (TPSA) is 46.9 Å². The summed E-state index contributed by atoms with van der Waals surface area (Å²) in [6, 6.07) is 8.16. The predicted molar refractivity (Wildman–Crippen MR) is 79.7 cm³/mol. The molecule has 1 fully saturated rings. The number of hydrogen-bond acceptors (Lipinski definition) is 2. The summed E-state index contributed by atoms with van der Waals surface area (Å²) in [5.74, 6) is 0.464. The third kappa shape index (κ3) is 2.55. The molecule has 106 valence electrons. The van der Waals surface area contributed by atoms with E-state index >= 15 is 0 Å². The molecule has 4 nitrogen and oxygen atoms in total. The number of nitrogens with one attached hydrogen (secondary N) is 1. The van der Waals surface area contributed by atoms with Crippen LogP contribution in [0.4, 0.5) is 0 Å². The molecule has 1 saturated carbocycles. The third-order valence-corrected chi connectivity index (χ3v) is 4.18. The molecule has 0 unspecified atom stereocenters. The SMILES string of the molecule is Cn1c(C(=O)NC2CCCCCC2)nc2ccccc21. The minimum Gasteiger partial charge on any atom is -0.347 e. The lowest BCUT2D eigenvalue weighted by Gasteiger charge is -2.15. The molecular formula is C16H21N3O. The number of nitrogens with zero attached hydrogens (tertiary/aromatic N) is 2. The monoisotopic (exact) mass is 271 g/mol. The van der Waals surface area contributed by atoms with E-state index in [4.69, 9.17) is 0 Å². The maximum atomic E-state index is 12.4. The van der Waals surface area contributed by atoms with Crippen molar-refractivity contribution in [2.24, 2.45) is 7.05 Å². The van der Waals surface area contributed by atoms with Crippen LogP contribution in [0.1, 0.15) is 49.1 Å². The first-order valence-corrected chi connectivity index (χ1v) is 7.48. The zero-order chi connectivity index (χ0) is 13.9. The van der Waals surface area contributed by atoms with Gasteiger partial charge in [0.1, 0.15) is 0 Å². The van der Waals surface area contributed by atoms with Gasteiger partial charge in [0.05, 0.1) is 11.0 Å². The summed E-state index contributed by atoms with van der Waals surface area (Å²) in [6.07, 6.45) is 7.20. The van der Waals surface area contributed by atoms with Crippen LogP contribution in [0.3, 0.4) is 0 Å². The number of rotatable bonds is 2. The molecule has 0 saturated heterocycles. The summed E-state index contributed by atoms with van der Waals surface area (Å²) in [5, 5.41) is 3.15. The Morgan fingerprint density at radius 1 is 1.20 bits per heavy atom. The zero-order valence-corrected chi connectivity index (χ0v) is 11.9. The van der Waals surface area contributed by atoms with Crippen LogP contribution >= 0.6 is 0 Å². The van der Waals surface area contributed by atoms with E-state index in [0.717, 1.165) is 23.9 Å². The highest BCUT2D eigenvalue weighted by atomic mass is 16.2. The third-order valence-electron chi connectivity index (χ3n) is 4.18. The Hall–Kier alpha value is -1.84. The molecular weight excluding hydrogens is 250 g/mol. The summed E-state index contributed by atoms with van der Waals surface area (Å²) in [5.41, 5.74) is 1.87. The number of para-hydroxylation sites is 2. The van der Waals surface area contributed by atoms with Crippen molar-refractivity contribution in [2.45, 2.75) is 44.6 Å². The smallest absolute Gasteiger partial charge is 0.287 e. The van der Waals surface area contributed by atoms with Crippen molar-refractivity contribution >= 4 is 16.9 Å². The second kappa shape index (κ2) is 5.65. The number of hydrogen-bond donors (Lipinski definition) is 1. The van der Waals surface area contributed by atoms with Gasteiger partial charge in [-0.15, -0.1) is 0 Å². The van der Waals surface area contributed by atoms with E-state index in [0.29, 0.717) is 11.9 Å². The standard InChI is InChI=1S/C16H21N3O/c1-19-14-11-7-6-10-13(14)18-15(19)16(20)17-12-8-4-2-3-5-9-12/h6-7,10-12H,2-5,8-9H2,1H3,(H,17,20). The molecule has 1 heterocycles. The zero-order valence-electron chi connectivity index (χ0n) is 11.9. The highest BCUT2D eigenvalue weighted by Gasteiger charge is 2.19. The molecule has 4 heteroatoms. The fourth-order valence-corrected chi connectivity index (χ4v) is 3.02. The number of amides is 1.